The number of carbonyl (C=O) groups excluding carboxylic acids is 1. The van der Waals surface area contributed by atoms with Crippen molar-refractivity contribution in [1.29, 1.82) is 0 Å². The van der Waals surface area contributed by atoms with E-state index >= 15 is 0 Å². The number of benzene rings is 2. The number of fused-ring (bicyclic) bond motifs is 1. The molecule has 0 aromatic heterocycles. The maximum absolute atomic E-state index is 12.6. The topological polar surface area (TPSA) is 38.7 Å². The minimum atomic E-state index is -0.336. The zero-order valence-corrected chi connectivity index (χ0v) is 16.0. The van der Waals surface area contributed by atoms with Gasteiger partial charge >= 0.3 is 5.97 Å². The quantitative estimate of drug-likeness (QED) is 0.496. The van der Waals surface area contributed by atoms with E-state index in [9.17, 15) is 4.79 Å². The summed E-state index contributed by atoms with van der Waals surface area (Å²) in [6.07, 6.45) is 3.61. The van der Waals surface area contributed by atoms with E-state index in [-0.39, 0.29) is 5.97 Å². The van der Waals surface area contributed by atoms with Gasteiger partial charge in [0.25, 0.3) is 0 Å². The van der Waals surface area contributed by atoms with Gasteiger partial charge in [-0.05, 0) is 36.3 Å². The van der Waals surface area contributed by atoms with Gasteiger partial charge in [0.2, 0.25) is 0 Å². The van der Waals surface area contributed by atoms with Gasteiger partial charge in [-0.3, -0.25) is 4.99 Å². The number of hydrogen-bond donors (Lipinski definition) is 0. The van der Waals surface area contributed by atoms with E-state index in [1.165, 1.54) is 0 Å². The summed E-state index contributed by atoms with van der Waals surface area (Å²) in [5.74, 6) is -0.336. The molecule has 2 aromatic carbocycles. The summed E-state index contributed by atoms with van der Waals surface area (Å²) in [7, 11) is 0. The van der Waals surface area contributed by atoms with Crippen molar-refractivity contribution in [2.75, 3.05) is 13.2 Å². The Hall–Kier alpha value is -2.10. The molecule has 0 bridgehead atoms. The van der Waals surface area contributed by atoms with Crippen LogP contribution in [0.4, 0.5) is 0 Å². The lowest BCUT2D eigenvalue weighted by molar-refractivity contribution is -0.136. The molecule has 2 aromatic rings. The second kappa shape index (κ2) is 8.52. The highest BCUT2D eigenvalue weighted by Crippen LogP contribution is 2.30. The van der Waals surface area contributed by atoms with E-state index in [2.05, 4.69) is 11.9 Å². The van der Waals surface area contributed by atoms with Crippen molar-refractivity contribution in [3.05, 3.63) is 75.3 Å². The Labute approximate surface area is 163 Å². The summed E-state index contributed by atoms with van der Waals surface area (Å²) >= 11 is 12.6. The average Bonchev–Trinajstić information content (AvgIpc) is 2.81. The van der Waals surface area contributed by atoms with Crippen LogP contribution < -0.4 is 0 Å². The Morgan fingerprint density at radius 1 is 1.12 bits per heavy atom. The van der Waals surface area contributed by atoms with Crippen LogP contribution in [0.25, 0.3) is 5.57 Å². The smallest absolute Gasteiger partial charge is 0.338 e. The monoisotopic (exact) mass is 387 g/mol. The molecule has 0 saturated carbocycles. The highest BCUT2D eigenvalue weighted by Gasteiger charge is 2.23. The first-order valence-corrected chi connectivity index (χ1v) is 9.34. The van der Waals surface area contributed by atoms with E-state index in [4.69, 9.17) is 27.9 Å². The van der Waals surface area contributed by atoms with E-state index in [1.54, 1.807) is 12.1 Å². The predicted octanol–water partition coefficient (Wildman–Crippen LogP) is 5.57. The fourth-order valence-electron chi connectivity index (χ4n) is 2.83. The third-order valence-electron chi connectivity index (χ3n) is 4.15. The molecule has 0 spiro atoms. The van der Waals surface area contributed by atoms with Crippen molar-refractivity contribution in [3.63, 3.8) is 0 Å². The molecule has 0 radical (unpaired) electrons. The lowest BCUT2D eigenvalue weighted by Gasteiger charge is -2.14. The molecule has 0 N–H and O–H groups in total. The van der Waals surface area contributed by atoms with Crippen molar-refractivity contribution in [3.8, 4) is 0 Å². The Bertz CT molecular complexity index is 887. The fourth-order valence-corrected chi connectivity index (χ4v) is 3.23. The minimum Gasteiger partial charge on any atom is -0.462 e. The third kappa shape index (κ3) is 4.00. The fraction of sp³-hybridized carbons (Fsp3) is 0.238. The van der Waals surface area contributed by atoms with Crippen LogP contribution in [0.1, 0.15) is 36.5 Å². The van der Waals surface area contributed by atoms with Crippen LogP contribution in [-0.4, -0.2) is 24.8 Å². The SMILES string of the molecule is CCCCOC(=O)C1=CCN=C(c2ccccc2Cl)c2cc(Cl)ccc21. The first-order chi connectivity index (χ1) is 12.6. The molecule has 0 aliphatic carbocycles. The highest BCUT2D eigenvalue weighted by molar-refractivity contribution is 6.37. The maximum Gasteiger partial charge on any atom is 0.338 e. The van der Waals surface area contributed by atoms with Crippen LogP contribution in [-0.2, 0) is 9.53 Å². The first-order valence-electron chi connectivity index (χ1n) is 8.58. The summed E-state index contributed by atoms with van der Waals surface area (Å²) in [6, 6.07) is 12.9. The Morgan fingerprint density at radius 3 is 2.69 bits per heavy atom. The molecule has 0 fully saturated rings. The Balaban J connectivity index is 2.04. The normalized spacial score (nSPS) is 13.3. The van der Waals surface area contributed by atoms with Crippen LogP contribution in [0.3, 0.4) is 0 Å². The number of rotatable bonds is 5. The van der Waals surface area contributed by atoms with Crippen LogP contribution in [0.15, 0.2) is 53.5 Å². The highest BCUT2D eigenvalue weighted by atomic mass is 35.5. The molecule has 1 aliphatic rings. The van der Waals surface area contributed by atoms with Gasteiger partial charge in [-0.15, -0.1) is 0 Å². The van der Waals surface area contributed by atoms with Crippen LogP contribution >= 0.6 is 23.2 Å². The van der Waals surface area contributed by atoms with Gasteiger partial charge < -0.3 is 4.74 Å². The molecule has 26 heavy (non-hydrogen) atoms. The second-order valence-electron chi connectivity index (χ2n) is 5.97. The molecule has 1 heterocycles. The van der Waals surface area contributed by atoms with Crippen molar-refractivity contribution in [2.45, 2.75) is 19.8 Å². The number of hydrogen-bond acceptors (Lipinski definition) is 3. The van der Waals surface area contributed by atoms with Gasteiger partial charge in [-0.2, -0.15) is 0 Å². The van der Waals surface area contributed by atoms with Gasteiger partial charge in [-0.1, -0.05) is 60.8 Å². The van der Waals surface area contributed by atoms with Crippen molar-refractivity contribution in [1.82, 2.24) is 0 Å². The zero-order valence-electron chi connectivity index (χ0n) is 14.5. The molecule has 0 amide bonds. The van der Waals surface area contributed by atoms with Crippen LogP contribution in [0.5, 0.6) is 0 Å². The molecular formula is C21H19Cl2NO2. The third-order valence-corrected chi connectivity index (χ3v) is 4.72. The standard InChI is InChI=1S/C21H19Cl2NO2/c1-2-3-12-26-21(25)16-10-11-24-20(17-6-4-5-7-19(17)23)18-13-14(22)8-9-15(16)18/h4-10,13H,2-3,11-12H2,1H3. The van der Waals surface area contributed by atoms with E-state index < -0.39 is 0 Å². The Morgan fingerprint density at radius 2 is 1.92 bits per heavy atom. The molecule has 1 aliphatic heterocycles. The molecular weight excluding hydrogens is 369 g/mol. The van der Waals surface area contributed by atoms with E-state index in [0.717, 1.165) is 35.2 Å². The van der Waals surface area contributed by atoms with E-state index in [1.807, 2.05) is 36.4 Å². The number of aliphatic imine (C=N–C) groups is 1. The summed E-state index contributed by atoms with van der Waals surface area (Å²) in [5.41, 5.74) is 3.58. The average molecular weight is 388 g/mol. The van der Waals surface area contributed by atoms with Gasteiger partial charge in [0.05, 0.1) is 24.4 Å². The first kappa shape index (κ1) is 18.7. The van der Waals surface area contributed by atoms with Crippen LogP contribution in [0.2, 0.25) is 10.0 Å². The molecule has 3 nitrogen and oxygen atoms in total. The lowest BCUT2D eigenvalue weighted by atomic mass is 9.93. The summed E-state index contributed by atoms with van der Waals surface area (Å²) in [6.45, 7) is 2.83. The zero-order chi connectivity index (χ0) is 18.5. The molecule has 134 valence electrons. The van der Waals surface area contributed by atoms with Gasteiger partial charge in [0.1, 0.15) is 0 Å². The number of carbonyl (C=O) groups is 1. The Kier molecular flexibility index (Phi) is 6.12. The summed E-state index contributed by atoms with van der Waals surface area (Å²) in [4.78, 5) is 17.2. The number of nitrogens with zero attached hydrogens (tertiary/aromatic N) is 1. The largest absolute Gasteiger partial charge is 0.462 e. The van der Waals surface area contributed by atoms with Gasteiger partial charge in [0, 0.05) is 21.2 Å². The number of unbranched alkanes of at least 4 members (excludes halogenated alkanes) is 1. The molecule has 0 saturated heterocycles. The summed E-state index contributed by atoms with van der Waals surface area (Å²) < 4.78 is 5.41. The minimum absolute atomic E-state index is 0.336. The summed E-state index contributed by atoms with van der Waals surface area (Å²) in [5, 5.41) is 1.18. The molecule has 5 heteroatoms. The number of esters is 1. The van der Waals surface area contributed by atoms with Gasteiger partial charge in [0.15, 0.2) is 0 Å². The van der Waals surface area contributed by atoms with Crippen molar-refractivity contribution < 1.29 is 9.53 Å². The van der Waals surface area contributed by atoms with E-state index in [0.29, 0.717) is 28.8 Å². The predicted molar refractivity (Wildman–Crippen MR) is 107 cm³/mol. The van der Waals surface area contributed by atoms with Gasteiger partial charge in [-0.25, -0.2) is 4.79 Å². The second-order valence-corrected chi connectivity index (χ2v) is 6.81. The van der Waals surface area contributed by atoms with Crippen molar-refractivity contribution in [2.24, 2.45) is 4.99 Å². The molecule has 0 unspecified atom stereocenters. The number of ether oxygens (including phenoxy) is 1. The number of halogens is 2. The maximum atomic E-state index is 12.6. The molecule has 0 atom stereocenters. The van der Waals surface area contributed by atoms with Crippen LogP contribution in [0, 0.1) is 0 Å². The molecule has 3 rings (SSSR count). The lowest BCUT2D eigenvalue weighted by Crippen LogP contribution is -2.12. The van der Waals surface area contributed by atoms with Crippen molar-refractivity contribution >= 4 is 40.5 Å².